The van der Waals surface area contributed by atoms with E-state index in [1.807, 2.05) is 6.92 Å². The highest BCUT2D eigenvalue weighted by Crippen LogP contribution is 2.40. The molecule has 0 aromatic heterocycles. The van der Waals surface area contributed by atoms with Crippen LogP contribution in [0.5, 0.6) is 5.75 Å². The van der Waals surface area contributed by atoms with Gasteiger partial charge in [-0.05, 0) is 31.4 Å². The van der Waals surface area contributed by atoms with Crippen molar-refractivity contribution < 1.29 is 17.9 Å². The van der Waals surface area contributed by atoms with Crippen molar-refractivity contribution in [2.24, 2.45) is 5.92 Å². The minimum absolute atomic E-state index is 0.0685. The molecule has 112 valence electrons. The summed E-state index contributed by atoms with van der Waals surface area (Å²) in [7, 11) is 0. The topological polar surface area (TPSA) is 21.3 Å². The Morgan fingerprint density at radius 2 is 1.90 bits per heavy atom. The molecule has 5 heteroatoms. The van der Waals surface area contributed by atoms with Gasteiger partial charge in [0.1, 0.15) is 5.75 Å². The minimum atomic E-state index is -4.65. The summed E-state index contributed by atoms with van der Waals surface area (Å²) in [6.45, 7) is 2.69. The van der Waals surface area contributed by atoms with Gasteiger partial charge in [0.15, 0.2) is 0 Å². The normalized spacial score (nSPS) is 18.2. The third-order valence-electron chi connectivity index (χ3n) is 3.78. The van der Waals surface area contributed by atoms with Gasteiger partial charge >= 0.3 is 6.36 Å². The summed E-state index contributed by atoms with van der Waals surface area (Å²) in [4.78, 5) is 0. The predicted molar refractivity (Wildman–Crippen MR) is 71.5 cm³/mol. The van der Waals surface area contributed by atoms with Crippen molar-refractivity contribution >= 4 is 0 Å². The van der Waals surface area contributed by atoms with Crippen LogP contribution in [0.15, 0.2) is 24.3 Å². The first-order valence-electron chi connectivity index (χ1n) is 7.09. The van der Waals surface area contributed by atoms with E-state index in [4.69, 9.17) is 0 Å². The van der Waals surface area contributed by atoms with Gasteiger partial charge in [0, 0.05) is 11.6 Å². The van der Waals surface area contributed by atoms with Crippen LogP contribution in [0.4, 0.5) is 13.2 Å². The Kier molecular flexibility index (Phi) is 4.91. The van der Waals surface area contributed by atoms with Crippen molar-refractivity contribution in [2.75, 3.05) is 6.54 Å². The average molecular weight is 287 g/mol. The van der Waals surface area contributed by atoms with Gasteiger partial charge in [0.25, 0.3) is 0 Å². The summed E-state index contributed by atoms with van der Waals surface area (Å²) < 4.78 is 41.7. The van der Waals surface area contributed by atoms with E-state index in [1.54, 1.807) is 18.2 Å². The Bertz CT molecular complexity index is 427. The largest absolute Gasteiger partial charge is 0.573 e. The summed E-state index contributed by atoms with van der Waals surface area (Å²) in [5, 5.41) is 3.32. The second kappa shape index (κ2) is 6.48. The maximum absolute atomic E-state index is 12.5. The fourth-order valence-corrected chi connectivity index (χ4v) is 3.00. The maximum atomic E-state index is 12.5. The molecule has 1 N–H and O–H groups in total. The molecule has 1 aromatic carbocycles. The van der Waals surface area contributed by atoms with Gasteiger partial charge < -0.3 is 10.1 Å². The van der Waals surface area contributed by atoms with E-state index in [2.05, 4.69) is 10.1 Å². The van der Waals surface area contributed by atoms with Crippen LogP contribution in [0.2, 0.25) is 0 Å². The molecule has 1 aliphatic rings. The highest BCUT2D eigenvalue weighted by atomic mass is 19.4. The standard InChI is InChI=1S/C15H20F3NO/c1-2-19-14(11-7-3-4-8-11)12-9-5-6-10-13(12)20-15(16,17)18/h5-6,9-11,14,19H,2-4,7-8H2,1H3. The number of para-hydroxylation sites is 1. The summed E-state index contributed by atoms with van der Waals surface area (Å²) in [5.74, 6) is 0.297. The molecule has 0 aliphatic heterocycles. The molecule has 1 fully saturated rings. The fraction of sp³-hybridized carbons (Fsp3) is 0.600. The zero-order valence-corrected chi connectivity index (χ0v) is 11.5. The Balaban J connectivity index is 2.27. The molecule has 1 aromatic rings. The predicted octanol–water partition coefficient (Wildman–Crippen LogP) is 4.43. The van der Waals surface area contributed by atoms with Crippen LogP contribution >= 0.6 is 0 Å². The van der Waals surface area contributed by atoms with Crippen LogP contribution in [0.1, 0.15) is 44.2 Å². The summed E-state index contributed by atoms with van der Waals surface area (Å²) in [6.07, 6.45) is -0.248. The van der Waals surface area contributed by atoms with Gasteiger partial charge in [-0.25, -0.2) is 0 Å². The molecule has 0 radical (unpaired) electrons. The number of halogens is 3. The van der Waals surface area contributed by atoms with Crippen LogP contribution in [-0.2, 0) is 0 Å². The third-order valence-corrected chi connectivity index (χ3v) is 3.78. The van der Waals surface area contributed by atoms with Crippen LogP contribution in [0.3, 0.4) is 0 Å². The smallest absolute Gasteiger partial charge is 0.405 e. The van der Waals surface area contributed by atoms with Gasteiger partial charge in [-0.15, -0.1) is 13.2 Å². The van der Waals surface area contributed by atoms with Gasteiger partial charge in [0.05, 0.1) is 0 Å². The van der Waals surface area contributed by atoms with Crippen molar-refractivity contribution in [3.63, 3.8) is 0 Å². The van der Waals surface area contributed by atoms with Gasteiger partial charge in [0.2, 0.25) is 0 Å². The number of nitrogens with one attached hydrogen (secondary N) is 1. The first kappa shape index (κ1) is 15.2. The molecule has 1 unspecified atom stereocenters. The third kappa shape index (κ3) is 3.88. The van der Waals surface area contributed by atoms with E-state index < -0.39 is 6.36 Å². The van der Waals surface area contributed by atoms with E-state index >= 15 is 0 Å². The summed E-state index contributed by atoms with van der Waals surface area (Å²) in [6, 6.07) is 6.38. The minimum Gasteiger partial charge on any atom is -0.405 e. The second-order valence-electron chi connectivity index (χ2n) is 5.17. The Hall–Kier alpha value is -1.23. The van der Waals surface area contributed by atoms with Crippen molar-refractivity contribution in [1.29, 1.82) is 0 Å². The van der Waals surface area contributed by atoms with E-state index in [1.165, 1.54) is 6.07 Å². The molecule has 2 rings (SSSR count). The molecular formula is C15H20F3NO. The van der Waals surface area contributed by atoms with Crippen molar-refractivity contribution in [1.82, 2.24) is 5.32 Å². The molecule has 1 aliphatic carbocycles. The number of ether oxygens (including phenoxy) is 1. The lowest BCUT2D eigenvalue weighted by atomic mass is 9.91. The quantitative estimate of drug-likeness (QED) is 0.865. The molecule has 0 spiro atoms. The van der Waals surface area contributed by atoms with E-state index in [0.29, 0.717) is 11.5 Å². The van der Waals surface area contributed by atoms with Crippen LogP contribution < -0.4 is 10.1 Å². The highest BCUT2D eigenvalue weighted by Gasteiger charge is 2.34. The number of hydrogen-bond acceptors (Lipinski definition) is 2. The molecule has 0 saturated heterocycles. The Morgan fingerprint density at radius 1 is 1.25 bits per heavy atom. The van der Waals surface area contributed by atoms with E-state index in [-0.39, 0.29) is 11.8 Å². The number of benzene rings is 1. The molecule has 2 nitrogen and oxygen atoms in total. The second-order valence-corrected chi connectivity index (χ2v) is 5.17. The maximum Gasteiger partial charge on any atom is 0.573 e. The van der Waals surface area contributed by atoms with E-state index in [0.717, 1.165) is 32.2 Å². The lowest BCUT2D eigenvalue weighted by Crippen LogP contribution is -2.28. The number of alkyl halides is 3. The fourth-order valence-electron chi connectivity index (χ4n) is 3.00. The first-order chi connectivity index (χ1) is 9.51. The first-order valence-corrected chi connectivity index (χ1v) is 7.09. The zero-order chi connectivity index (χ0) is 14.6. The number of rotatable bonds is 5. The van der Waals surface area contributed by atoms with Gasteiger partial charge in [-0.1, -0.05) is 38.0 Å². The molecule has 20 heavy (non-hydrogen) atoms. The van der Waals surface area contributed by atoms with Gasteiger partial charge in [-0.3, -0.25) is 0 Å². The molecule has 0 bridgehead atoms. The Labute approximate surface area is 117 Å². The van der Waals surface area contributed by atoms with Crippen molar-refractivity contribution in [2.45, 2.75) is 45.0 Å². The Morgan fingerprint density at radius 3 is 2.50 bits per heavy atom. The zero-order valence-electron chi connectivity index (χ0n) is 11.5. The van der Waals surface area contributed by atoms with Crippen molar-refractivity contribution in [3.05, 3.63) is 29.8 Å². The van der Waals surface area contributed by atoms with Crippen LogP contribution in [0.25, 0.3) is 0 Å². The molecule has 0 amide bonds. The molecular weight excluding hydrogens is 267 g/mol. The SMILES string of the molecule is CCNC(c1ccccc1OC(F)(F)F)C1CCCC1. The monoisotopic (exact) mass is 287 g/mol. The lowest BCUT2D eigenvalue weighted by molar-refractivity contribution is -0.275. The molecule has 0 heterocycles. The average Bonchev–Trinajstić information content (AvgIpc) is 2.89. The molecule has 1 saturated carbocycles. The molecule has 1 atom stereocenters. The lowest BCUT2D eigenvalue weighted by Gasteiger charge is -2.27. The van der Waals surface area contributed by atoms with E-state index in [9.17, 15) is 13.2 Å². The van der Waals surface area contributed by atoms with Crippen LogP contribution in [-0.4, -0.2) is 12.9 Å². The summed E-state index contributed by atoms with van der Waals surface area (Å²) >= 11 is 0. The van der Waals surface area contributed by atoms with Crippen molar-refractivity contribution in [3.8, 4) is 5.75 Å². The number of hydrogen-bond donors (Lipinski definition) is 1. The van der Waals surface area contributed by atoms with Gasteiger partial charge in [-0.2, -0.15) is 0 Å². The highest BCUT2D eigenvalue weighted by molar-refractivity contribution is 5.36. The van der Waals surface area contributed by atoms with Crippen LogP contribution in [0, 0.1) is 5.92 Å². The summed E-state index contributed by atoms with van der Waals surface area (Å²) in [5.41, 5.74) is 0.610.